The van der Waals surface area contributed by atoms with Crippen LogP contribution in [0, 0.1) is 11.6 Å². The van der Waals surface area contributed by atoms with Crippen LogP contribution in [0.5, 0.6) is 5.75 Å². The number of ether oxygens (including phenoxy) is 1. The number of carboxylic acid groups (broad SMARTS) is 1. The van der Waals surface area contributed by atoms with E-state index in [1.807, 2.05) is 0 Å². The van der Waals surface area contributed by atoms with E-state index in [0.717, 1.165) is 16.8 Å². The van der Waals surface area contributed by atoms with Crippen molar-refractivity contribution >= 4 is 17.6 Å². The van der Waals surface area contributed by atoms with E-state index in [4.69, 9.17) is 21.4 Å². The number of aryl methyl sites for hydroxylation is 1. The summed E-state index contributed by atoms with van der Waals surface area (Å²) in [5.74, 6) is -3.73. The van der Waals surface area contributed by atoms with Crippen molar-refractivity contribution in [2.24, 2.45) is 7.05 Å². The molecule has 106 valence electrons. The largest absolute Gasteiger partial charge is 0.494 e. The molecule has 0 spiro atoms. The van der Waals surface area contributed by atoms with E-state index < -0.39 is 17.6 Å². The Kier molecular flexibility index (Phi) is 3.63. The average Bonchev–Trinajstić information content (AvgIpc) is 2.75. The van der Waals surface area contributed by atoms with Gasteiger partial charge in [0, 0.05) is 7.05 Å². The molecule has 0 unspecified atom stereocenters. The summed E-state index contributed by atoms with van der Waals surface area (Å²) in [4.78, 5) is 10.9. The normalized spacial score (nSPS) is 10.7. The summed E-state index contributed by atoms with van der Waals surface area (Å²) in [5.41, 5.74) is -0.539. The SMILES string of the molecule is COc1c(Cl)cc(F)c(F)c1-c1cc(C(=O)O)nn1C. The minimum absolute atomic E-state index is 0.0400. The van der Waals surface area contributed by atoms with Crippen molar-refractivity contribution in [2.45, 2.75) is 0 Å². The molecule has 0 aliphatic rings. The predicted molar refractivity (Wildman–Crippen MR) is 67.1 cm³/mol. The molecule has 0 fully saturated rings. The van der Waals surface area contributed by atoms with Crippen LogP contribution in [0.4, 0.5) is 8.78 Å². The molecule has 0 saturated heterocycles. The maximum atomic E-state index is 14.0. The molecule has 1 aromatic carbocycles. The summed E-state index contributed by atoms with van der Waals surface area (Å²) in [6, 6.07) is 1.90. The summed E-state index contributed by atoms with van der Waals surface area (Å²) in [7, 11) is 2.65. The number of aromatic nitrogens is 2. The van der Waals surface area contributed by atoms with Crippen LogP contribution in [0.1, 0.15) is 10.5 Å². The highest BCUT2D eigenvalue weighted by atomic mass is 35.5. The van der Waals surface area contributed by atoms with Gasteiger partial charge in [-0.05, 0) is 12.1 Å². The number of hydrogen-bond donors (Lipinski definition) is 1. The maximum absolute atomic E-state index is 14.0. The molecule has 0 bridgehead atoms. The first-order valence-electron chi connectivity index (χ1n) is 5.36. The molecule has 0 saturated carbocycles. The van der Waals surface area contributed by atoms with Gasteiger partial charge < -0.3 is 9.84 Å². The Morgan fingerprint density at radius 3 is 2.60 bits per heavy atom. The van der Waals surface area contributed by atoms with Crippen LogP contribution in [0.25, 0.3) is 11.3 Å². The average molecular weight is 303 g/mol. The highest BCUT2D eigenvalue weighted by molar-refractivity contribution is 6.32. The van der Waals surface area contributed by atoms with Crippen molar-refractivity contribution in [3.05, 3.63) is 34.5 Å². The van der Waals surface area contributed by atoms with Gasteiger partial charge in [0.05, 0.1) is 23.4 Å². The standard InChI is InChI=1S/C12H9ClF2N2O3/c1-17-8(4-7(16-17)12(18)19)9-10(15)6(14)3-5(13)11(9)20-2/h3-4H,1-2H3,(H,18,19). The molecule has 2 rings (SSSR count). The summed E-state index contributed by atoms with van der Waals surface area (Å²) in [6.07, 6.45) is 0. The zero-order valence-corrected chi connectivity index (χ0v) is 11.2. The number of hydrogen-bond acceptors (Lipinski definition) is 3. The van der Waals surface area contributed by atoms with E-state index in [2.05, 4.69) is 5.10 Å². The van der Waals surface area contributed by atoms with Crippen LogP contribution in [0.3, 0.4) is 0 Å². The maximum Gasteiger partial charge on any atom is 0.356 e. The fourth-order valence-corrected chi connectivity index (χ4v) is 2.08. The van der Waals surface area contributed by atoms with Gasteiger partial charge in [0.1, 0.15) is 5.75 Å². The zero-order valence-electron chi connectivity index (χ0n) is 10.4. The number of nitrogens with zero attached hydrogens (tertiary/aromatic N) is 2. The minimum atomic E-state index is -1.28. The number of methoxy groups -OCH3 is 1. The molecule has 0 amide bonds. The van der Waals surface area contributed by atoms with Gasteiger partial charge >= 0.3 is 5.97 Å². The molecule has 1 heterocycles. The Hall–Kier alpha value is -2.15. The first kappa shape index (κ1) is 14.3. The number of halogens is 3. The van der Waals surface area contributed by atoms with Crippen LogP contribution in [-0.4, -0.2) is 28.0 Å². The van der Waals surface area contributed by atoms with Gasteiger partial charge in [0.15, 0.2) is 17.3 Å². The van der Waals surface area contributed by atoms with Gasteiger partial charge in [0.2, 0.25) is 0 Å². The second-order valence-corrected chi connectivity index (χ2v) is 4.31. The van der Waals surface area contributed by atoms with E-state index in [1.165, 1.54) is 14.2 Å². The first-order valence-corrected chi connectivity index (χ1v) is 5.73. The fourth-order valence-electron chi connectivity index (χ4n) is 1.81. The van der Waals surface area contributed by atoms with Crippen LogP contribution in [0.15, 0.2) is 12.1 Å². The van der Waals surface area contributed by atoms with Crippen LogP contribution in [-0.2, 0) is 7.05 Å². The van der Waals surface area contributed by atoms with Crippen molar-refractivity contribution in [3.8, 4) is 17.0 Å². The summed E-state index contributed by atoms with van der Waals surface area (Å²) in [5, 5.41) is 12.4. The lowest BCUT2D eigenvalue weighted by Crippen LogP contribution is -2.02. The molecule has 5 nitrogen and oxygen atoms in total. The van der Waals surface area contributed by atoms with Crippen molar-refractivity contribution < 1.29 is 23.4 Å². The lowest BCUT2D eigenvalue weighted by molar-refractivity contribution is 0.0689. The van der Waals surface area contributed by atoms with Crippen molar-refractivity contribution in [1.29, 1.82) is 0 Å². The van der Waals surface area contributed by atoms with E-state index in [9.17, 15) is 13.6 Å². The Morgan fingerprint density at radius 2 is 2.10 bits per heavy atom. The molecule has 1 aromatic heterocycles. The second kappa shape index (κ2) is 5.09. The van der Waals surface area contributed by atoms with Crippen LogP contribution < -0.4 is 4.74 Å². The van der Waals surface area contributed by atoms with E-state index in [1.54, 1.807) is 0 Å². The summed E-state index contributed by atoms with van der Waals surface area (Å²) >= 11 is 5.80. The van der Waals surface area contributed by atoms with Gasteiger partial charge in [-0.3, -0.25) is 4.68 Å². The molecular weight excluding hydrogens is 294 g/mol. The Labute approximate surface area is 117 Å². The van der Waals surface area contributed by atoms with Crippen LogP contribution in [0.2, 0.25) is 5.02 Å². The monoisotopic (exact) mass is 302 g/mol. The molecule has 0 aliphatic heterocycles. The van der Waals surface area contributed by atoms with Crippen molar-refractivity contribution in [2.75, 3.05) is 7.11 Å². The van der Waals surface area contributed by atoms with Gasteiger partial charge in [-0.2, -0.15) is 5.10 Å². The van der Waals surface area contributed by atoms with Crippen molar-refractivity contribution in [1.82, 2.24) is 9.78 Å². The fraction of sp³-hybridized carbons (Fsp3) is 0.167. The number of aromatic carboxylic acids is 1. The van der Waals surface area contributed by atoms with Gasteiger partial charge in [-0.15, -0.1) is 0 Å². The van der Waals surface area contributed by atoms with Crippen molar-refractivity contribution in [3.63, 3.8) is 0 Å². The molecule has 2 aromatic rings. The van der Waals surface area contributed by atoms with Gasteiger partial charge in [-0.1, -0.05) is 11.6 Å². The topological polar surface area (TPSA) is 64.3 Å². The number of carboxylic acids is 1. The summed E-state index contributed by atoms with van der Waals surface area (Å²) in [6.45, 7) is 0. The van der Waals surface area contributed by atoms with Crippen LogP contribution >= 0.6 is 11.6 Å². The zero-order chi connectivity index (χ0) is 15.0. The molecule has 0 aliphatic carbocycles. The third-order valence-electron chi connectivity index (χ3n) is 2.69. The smallest absolute Gasteiger partial charge is 0.356 e. The Morgan fingerprint density at radius 1 is 1.45 bits per heavy atom. The van der Waals surface area contributed by atoms with E-state index in [-0.39, 0.29) is 27.7 Å². The Balaban J connectivity index is 2.78. The molecule has 1 N–H and O–H groups in total. The molecule has 0 radical (unpaired) electrons. The number of rotatable bonds is 3. The lowest BCUT2D eigenvalue weighted by Gasteiger charge is -2.12. The lowest BCUT2D eigenvalue weighted by atomic mass is 10.1. The quantitative estimate of drug-likeness (QED) is 0.885. The van der Waals surface area contributed by atoms with Gasteiger partial charge in [-0.25, -0.2) is 13.6 Å². The minimum Gasteiger partial charge on any atom is -0.494 e. The molecule has 20 heavy (non-hydrogen) atoms. The molecular formula is C12H9ClF2N2O3. The Bertz CT molecular complexity index is 700. The third kappa shape index (κ3) is 2.20. The highest BCUT2D eigenvalue weighted by Gasteiger charge is 2.24. The van der Waals surface area contributed by atoms with Gasteiger partial charge in [0.25, 0.3) is 0 Å². The van der Waals surface area contributed by atoms with E-state index in [0.29, 0.717) is 0 Å². The number of benzene rings is 1. The predicted octanol–water partition coefficient (Wildman–Crippen LogP) is 2.73. The summed E-state index contributed by atoms with van der Waals surface area (Å²) < 4.78 is 33.6. The van der Waals surface area contributed by atoms with E-state index >= 15 is 0 Å². The second-order valence-electron chi connectivity index (χ2n) is 3.91. The highest BCUT2D eigenvalue weighted by Crippen LogP contribution is 2.39. The number of carbonyl (C=O) groups is 1. The molecule has 8 heteroatoms. The third-order valence-corrected chi connectivity index (χ3v) is 2.97. The molecule has 0 atom stereocenters. The first-order chi connectivity index (χ1) is 9.36.